The number of nitrogens with two attached hydrogens (primary N) is 1. The van der Waals surface area contributed by atoms with Crippen molar-refractivity contribution in [2.24, 2.45) is 5.73 Å². The Labute approximate surface area is 100.0 Å². The SMILES string of the molecule is COc1cccc(/C=C/C(=O)N(C)C(=N)N)c1. The van der Waals surface area contributed by atoms with E-state index in [1.807, 2.05) is 18.2 Å². The predicted molar refractivity (Wildman–Crippen MR) is 66.7 cm³/mol. The van der Waals surface area contributed by atoms with Gasteiger partial charge >= 0.3 is 0 Å². The molecule has 1 rings (SSSR count). The van der Waals surface area contributed by atoms with Crippen LogP contribution in [-0.2, 0) is 4.79 Å². The standard InChI is InChI=1S/C12H15N3O2/c1-15(12(13)14)11(16)7-6-9-4-3-5-10(8-9)17-2/h3-8H,1-2H3,(H3,13,14)/b7-6+. The van der Waals surface area contributed by atoms with Crippen molar-refractivity contribution in [2.75, 3.05) is 14.2 Å². The van der Waals surface area contributed by atoms with Crippen LogP contribution < -0.4 is 10.5 Å². The number of nitrogens with zero attached hydrogens (tertiary/aromatic N) is 1. The molecule has 0 bridgehead atoms. The summed E-state index contributed by atoms with van der Waals surface area (Å²) in [6.45, 7) is 0. The Hall–Kier alpha value is -2.30. The Bertz CT molecular complexity index is 455. The molecular formula is C12H15N3O2. The molecule has 90 valence electrons. The van der Waals surface area contributed by atoms with Gasteiger partial charge in [-0.25, -0.2) is 0 Å². The van der Waals surface area contributed by atoms with E-state index in [9.17, 15) is 4.79 Å². The second-order valence-electron chi connectivity index (χ2n) is 3.39. The van der Waals surface area contributed by atoms with Gasteiger partial charge in [0, 0.05) is 13.1 Å². The number of methoxy groups -OCH3 is 1. The van der Waals surface area contributed by atoms with E-state index in [0.717, 1.165) is 16.2 Å². The molecule has 0 heterocycles. The third-order valence-corrected chi connectivity index (χ3v) is 2.20. The lowest BCUT2D eigenvalue weighted by Crippen LogP contribution is -2.36. The Kier molecular flexibility index (Phi) is 4.28. The maximum atomic E-state index is 11.5. The smallest absolute Gasteiger partial charge is 0.253 e. The maximum absolute atomic E-state index is 11.5. The summed E-state index contributed by atoms with van der Waals surface area (Å²) in [6.07, 6.45) is 3.00. The fourth-order valence-electron chi connectivity index (χ4n) is 1.14. The molecule has 1 amide bonds. The molecule has 0 aromatic heterocycles. The fraction of sp³-hybridized carbons (Fsp3) is 0.167. The number of carbonyl (C=O) groups is 1. The zero-order valence-corrected chi connectivity index (χ0v) is 9.81. The van der Waals surface area contributed by atoms with Crippen molar-refractivity contribution in [2.45, 2.75) is 0 Å². The number of nitrogens with one attached hydrogen (secondary N) is 1. The molecule has 0 aliphatic carbocycles. The number of likely N-dealkylation sites (N-methyl/N-ethyl adjacent to an activating group) is 1. The minimum Gasteiger partial charge on any atom is -0.497 e. The van der Waals surface area contributed by atoms with Gasteiger partial charge in [-0.1, -0.05) is 12.1 Å². The summed E-state index contributed by atoms with van der Waals surface area (Å²) in [7, 11) is 3.03. The van der Waals surface area contributed by atoms with E-state index in [0.29, 0.717) is 0 Å². The molecule has 17 heavy (non-hydrogen) atoms. The highest BCUT2D eigenvalue weighted by molar-refractivity contribution is 6.02. The van der Waals surface area contributed by atoms with Gasteiger partial charge in [0.15, 0.2) is 5.96 Å². The van der Waals surface area contributed by atoms with Crippen molar-refractivity contribution in [3.05, 3.63) is 35.9 Å². The Morgan fingerprint density at radius 3 is 2.82 bits per heavy atom. The average Bonchev–Trinajstić information content (AvgIpc) is 2.35. The van der Waals surface area contributed by atoms with Crippen LogP contribution in [0.25, 0.3) is 6.08 Å². The van der Waals surface area contributed by atoms with Crippen molar-refractivity contribution in [3.8, 4) is 5.75 Å². The molecule has 5 heteroatoms. The monoisotopic (exact) mass is 233 g/mol. The first kappa shape index (κ1) is 12.8. The molecule has 0 spiro atoms. The number of amides is 1. The fourth-order valence-corrected chi connectivity index (χ4v) is 1.14. The van der Waals surface area contributed by atoms with E-state index in [2.05, 4.69) is 0 Å². The van der Waals surface area contributed by atoms with E-state index in [1.54, 1.807) is 19.3 Å². The van der Waals surface area contributed by atoms with Crippen LogP contribution in [0, 0.1) is 5.41 Å². The van der Waals surface area contributed by atoms with E-state index in [4.69, 9.17) is 15.9 Å². The Balaban J connectivity index is 2.76. The minimum atomic E-state index is -0.347. The summed E-state index contributed by atoms with van der Waals surface area (Å²) in [5.41, 5.74) is 6.03. The molecule has 0 saturated heterocycles. The number of hydrogen-bond donors (Lipinski definition) is 2. The maximum Gasteiger partial charge on any atom is 0.253 e. The summed E-state index contributed by atoms with van der Waals surface area (Å²) < 4.78 is 5.06. The van der Waals surface area contributed by atoms with Crippen LogP contribution in [0.2, 0.25) is 0 Å². The van der Waals surface area contributed by atoms with Crippen LogP contribution in [0.3, 0.4) is 0 Å². The van der Waals surface area contributed by atoms with Crippen molar-refractivity contribution < 1.29 is 9.53 Å². The van der Waals surface area contributed by atoms with Crippen LogP contribution in [0.4, 0.5) is 0 Å². The Morgan fingerprint density at radius 1 is 1.53 bits per heavy atom. The first-order valence-corrected chi connectivity index (χ1v) is 4.98. The summed E-state index contributed by atoms with van der Waals surface area (Å²) >= 11 is 0. The molecule has 0 aliphatic heterocycles. The van der Waals surface area contributed by atoms with Crippen molar-refractivity contribution in [3.63, 3.8) is 0 Å². The van der Waals surface area contributed by atoms with E-state index >= 15 is 0 Å². The van der Waals surface area contributed by atoms with E-state index < -0.39 is 0 Å². The van der Waals surface area contributed by atoms with E-state index in [1.165, 1.54) is 13.1 Å². The molecule has 3 N–H and O–H groups in total. The third kappa shape index (κ3) is 3.64. The number of rotatable bonds is 3. The second-order valence-corrected chi connectivity index (χ2v) is 3.39. The lowest BCUT2D eigenvalue weighted by molar-refractivity contribution is -0.121. The lowest BCUT2D eigenvalue weighted by Gasteiger charge is -2.11. The molecule has 0 unspecified atom stereocenters. The molecule has 1 aromatic carbocycles. The van der Waals surface area contributed by atoms with Crippen LogP contribution in [0.1, 0.15) is 5.56 Å². The van der Waals surface area contributed by atoms with Gasteiger partial charge in [0.1, 0.15) is 5.75 Å². The predicted octanol–water partition coefficient (Wildman–Crippen LogP) is 1.06. The van der Waals surface area contributed by atoms with Gasteiger partial charge in [0.05, 0.1) is 7.11 Å². The Morgan fingerprint density at radius 2 is 2.24 bits per heavy atom. The third-order valence-electron chi connectivity index (χ3n) is 2.20. The topological polar surface area (TPSA) is 79.4 Å². The number of benzene rings is 1. The highest BCUT2D eigenvalue weighted by Crippen LogP contribution is 2.13. The van der Waals surface area contributed by atoms with Crippen LogP contribution in [-0.4, -0.2) is 30.9 Å². The van der Waals surface area contributed by atoms with Gasteiger partial charge in [-0.3, -0.25) is 15.1 Å². The molecule has 0 saturated carbocycles. The molecule has 5 nitrogen and oxygen atoms in total. The quantitative estimate of drug-likeness (QED) is 0.465. The lowest BCUT2D eigenvalue weighted by atomic mass is 10.2. The first-order valence-electron chi connectivity index (χ1n) is 4.98. The highest BCUT2D eigenvalue weighted by atomic mass is 16.5. The molecule has 0 atom stereocenters. The summed E-state index contributed by atoms with van der Waals surface area (Å²) in [5, 5.41) is 7.11. The van der Waals surface area contributed by atoms with Gasteiger partial charge in [-0.15, -0.1) is 0 Å². The molecule has 0 fully saturated rings. The van der Waals surface area contributed by atoms with Crippen molar-refractivity contribution in [1.82, 2.24) is 4.90 Å². The summed E-state index contributed by atoms with van der Waals surface area (Å²) in [4.78, 5) is 12.6. The van der Waals surface area contributed by atoms with Gasteiger partial charge < -0.3 is 10.5 Å². The van der Waals surface area contributed by atoms with Crippen molar-refractivity contribution in [1.29, 1.82) is 5.41 Å². The second kappa shape index (κ2) is 5.69. The number of carbonyl (C=O) groups excluding carboxylic acids is 1. The summed E-state index contributed by atoms with van der Waals surface area (Å²) in [5.74, 6) is 0.0881. The minimum absolute atomic E-state index is 0.287. The largest absolute Gasteiger partial charge is 0.497 e. The molecule has 0 aliphatic rings. The van der Waals surface area contributed by atoms with Gasteiger partial charge in [0.25, 0.3) is 5.91 Å². The van der Waals surface area contributed by atoms with Crippen LogP contribution >= 0.6 is 0 Å². The average molecular weight is 233 g/mol. The zero-order chi connectivity index (χ0) is 12.8. The van der Waals surface area contributed by atoms with Crippen LogP contribution in [0.15, 0.2) is 30.3 Å². The number of hydrogen-bond acceptors (Lipinski definition) is 3. The summed E-state index contributed by atoms with van der Waals surface area (Å²) in [6, 6.07) is 7.30. The van der Waals surface area contributed by atoms with Gasteiger partial charge in [-0.05, 0) is 23.8 Å². The van der Waals surface area contributed by atoms with Crippen LogP contribution in [0.5, 0.6) is 5.75 Å². The normalized spacial score (nSPS) is 10.2. The van der Waals surface area contributed by atoms with Gasteiger partial charge in [0.2, 0.25) is 0 Å². The number of ether oxygens (including phenoxy) is 1. The molecule has 0 radical (unpaired) electrons. The van der Waals surface area contributed by atoms with E-state index in [-0.39, 0.29) is 11.9 Å². The molecule has 1 aromatic rings. The highest BCUT2D eigenvalue weighted by Gasteiger charge is 2.06. The van der Waals surface area contributed by atoms with Crippen molar-refractivity contribution >= 4 is 17.9 Å². The first-order chi connectivity index (χ1) is 8.04. The molecular weight excluding hydrogens is 218 g/mol. The van der Waals surface area contributed by atoms with Gasteiger partial charge in [-0.2, -0.15) is 0 Å². The zero-order valence-electron chi connectivity index (χ0n) is 9.81. The number of guanidine groups is 1.